The molecule has 0 radical (unpaired) electrons. The zero-order valence-corrected chi connectivity index (χ0v) is 20.1. The Morgan fingerprint density at radius 1 is 1.06 bits per heavy atom. The summed E-state index contributed by atoms with van der Waals surface area (Å²) in [6.07, 6.45) is 6.95. The van der Waals surface area contributed by atoms with E-state index >= 15 is 0 Å². The molecule has 36 heavy (non-hydrogen) atoms. The molecule has 1 atom stereocenters. The highest BCUT2D eigenvalue weighted by molar-refractivity contribution is 6.17. The summed E-state index contributed by atoms with van der Waals surface area (Å²) >= 11 is 5.79. The quantitative estimate of drug-likeness (QED) is 0.144. The van der Waals surface area contributed by atoms with E-state index in [1.165, 1.54) is 31.4 Å². The smallest absolute Gasteiger partial charge is 0.240 e. The van der Waals surface area contributed by atoms with Crippen molar-refractivity contribution in [2.45, 2.75) is 25.7 Å². The van der Waals surface area contributed by atoms with Crippen LogP contribution in [0, 0.1) is 30.2 Å². The van der Waals surface area contributed by atoms with Crippen molar-refractivity contribution >= 4 is 23.8 Å². The van der Waals surface area contributed by atoms with E-state index in [2.05, 4.69) is 15.2 Å². The maximum Gasteiger partial charge on any atom is 0.240 e. The first-order valence-corrected chi connectivity index (χ1v) is 11.4. The summed E-state index contributed by atoms with van der Waals surface area (Å²) < 4.78 is 68.6. The molecule has 4 aromatic rings. The average molecular weight is 521 g/mol. The highest BCUT2D eigenvalue weighted by Crippen LogP contribution is 2.32. The predicted octanol–water partition coefficient (Wildman–Crippen LogP) is 6.45. The Kier molecular flexibility index (Phi) is 7.73. The van der Waals surface area contributed by atoms with E-state index in [-0.39, 0.29) is 22.9 Å². The largest absolute Gasteiger partial charge is 0.495 e. The Morgan fingerprint density at radius 3 is 2.44 bits per heavy atom. The van der Waals surface area contributed by atoms with Crippen LogP contribution in [0.15, 0.2) is 41.2 Å². The second kappa shape index (κ2) is 10.9. The van der Waals surface area contributed by atoms with Crippen LogP contribution in [0.2, 0.25) is 0 Å². The van der Waals surface area contributed by atoms with Crippen molar-refractivity contribution in [3.05, 3.63) is 88.7 Å². The van der Waals surface area contributed by atoms with Gasteiger partial charge in [-0.3, -0.25) is 0 Å². The Morgan fingerprint density at radius 2 is 1.81 bits per heavy atom. The molecule has 2 aromatic heterocycles. The number of aryl methyl sites for hydroxylation is 1. The maximum atomic E-state index is 14.8. The van der Waals surface area contributed by atoms with E-state index < -0.39 is 29.2 Å². The van der Waals surface area contributed by atoms with Crippen LogP contribution in [-0.2, 0) is 0 Å². The van der Waals surface area contributed by atoms with Gasteiger partial charge in [0.2, 0.25) is 11.8 Å². The van der Waals surface area contributed by atoms with Gasteiger partial charge in [0.15, 0.2) is 17.5 Å². The average Bonchev–Trinajstić information content (AvgIpc) is 3.51. The number of ether oxygens (including phenoxy) is 1. The van der Waals surface area contributed by atoms with E-state index in [0.29, 0.717) is 30.2 Å². The van der Waals surface area contributed by atoms with Gasteiger partial charge in [-0.15, -0.1) is 21.8 Å². The Hall–Kier alpha value is -3.66. The van der Waals surface area contributed by atoms with Crippen molar-refractivity contribution < 1.29 is 26.7 Å². The number of aromatic nitrogens is 4. The van der Waals surface area contributed by atoms with Crippen molar-refractivity contribution in [1.29, 1.82) is 0 Å². The van der Waals surface area contributed by atoms with Crippen LogP contribution in [0.25, 0.3) is 17.8 Å². The summed E-state index contributed by atoms with van der Waals surface area (Å²) in [5.41, 5.74) is 1.59. The lowest BCUT2D eigenvalue weighted by atomic mass is 9.94. The van der Waals surface area contributed by atoms with Crippen LogP contribution < -0.4 is 4.74 Å². The van der Waals surface area contributed by atoms with E-state index in [0.717, 1.165) is 17.8 Å². The number of alkyl halides is 1. The molecule has 0 amide bonds. The first-order valence-electron chi connectivity index (χ1n) is 10.9. The van der Waals surface area contributed by atoms with Crippen LogP contribution in [0.4, 0.5) is 17.6 Å². The number of hydrogen-bond donors (Lipinski definition) is 0. The molecule has 0 saturated heterocycles. The summed E-state index contributed by atoms with van der Waals surface area (Å²) in [6, 6.07) is 4.61. The highest BCUT2D eigenvalue weighted by Gasteiger charge is 2.23. The summed E-state index contributed by atoms with van der Waals surface area (Å²) in [5.74, 6) is -4.62. The number of benzene rings is 2. The molecule has 6 nitrogen and oxygen atoms in total. The number of nitrogens with zero attached hydrogens (tertiary/aromatic N) is 4. The van der Waals surface area contributed by atoms with Gasteiger partial charge < -0.3 is 13.7 Å². The third-order valence-electron chi connectivity index (χ3n) is 5.48. The minimum atomic E-state index is -1.56. The molecule has 0 fully saturated rings. The van der Waals surface area contributed by atoms with E-state index in [1.54, 1.807) is 17.1 Å². The van der Waals surface area contributed by atoms with E-state index in [4.69, 9.17) is 20.8 Å². The topological polar surface area (TPSA) is 66.0 Å². The number of methoxy groups -OCH3 is 1. The third-order valence-corrected chi connectivity index (χ3v) is 5.75. The zero-order chi connectivity index (χ0) is 25.8. The summed E-state index contributed by atoms with van der Waals surface area (Å²) in [5, 5.41) is 7.90. The molecule has 11 heteroatoms. The Bertz CT molecular complexity index is 1380. The van der Waals surface area contributed by atoms with Gasteiger partial charge in [-0.25, -0.2) is 22.5 Å². The van der Waals surface area contributed by atoms with E-state index in [9.17, 15) is 17.6 Å². The van der Waals surface area contributed by atoms with Crippen LogP contribution in [0.5, 0.6) is 5.75 Å². The number of halogens is 5. The Balaban J connectivity index is 1.61. The number of imidazole rings is 1. The van der Waals surface area contributed by atoms with E-state index in [1.807, 2.05) is 6.92 Å². The van der Waals surface area contributed by atoms with Gasteiger partial charge >= 0.3 is 0 Å². The molecule has 2 aromatic carbocycles. The highest BCUT2D eigenvalue weighted by atomic mass is 35.5. The van der Waals surface area contributed by atoms with Crippen molar-refractivity contribution in [3.63, 3.8) is 0 Å². The molecule has 0 aliphatic rings. The monoisotopic (exact) mass is 520 g/mol. The fraction of sp³-hybridized carbons (Fsp3) is 0.240. The van der Waals surface area contributed by atoms with Gasteiger partial charge in [0.25, 0.3) is 0 Å². The van der Waals surface area contributed by atoms with Crippen molar-refractivity contribution in [3.8, 4) is 11.4 Å². The van der Waals surface area contributed by atoms with Gasteiger partial charge in [-0.2, -0.15) is 0 Å². The van der Waals surface area contributed by atoms with Gasteiger partial charge in [0.1, 0.15) is 11.6 Å². The summed E-state index contributed by atoms with van der Waals surface area (Å²) in [6.45, 7) is 1.82. The third kappa shape index (κ3) is 5.43. The standard InChI is InChI=1S/C25H21ClF4N4O2/c1-14-12-34(13-31-14)21-11-18(27)15(10-22(21)35-2)5-6-23-32-33-25(36-23)17(4-3-7-26)16-8-19(28)24(30)20(29)9-16/h5-6,8-13,17H,3-4,7H2,1-2H3. The molecule has 0 N–H and O–H groups in total. The molecule has 188 valence electrons. The maximum absolute atomic E-state index is 14.8. The molecule has 0 aliphatic carbocycles. The van der Waals surface area contributed by atoms with Crippen LogP contribution in [-0.4, -0.2) is 32.7 Å². The number of rotatable bonds is 9. The van der Waals surface area contributed by atoms with Crippen LogP contribution >= 0.6 is 11.6 Å². The van der Waals surface area contributed by atoms with Crippen molar-refractivity contribution in [2.75, 3.05) is 13.0 Å². The lowest BCUT2D eigenvalue weighted by molar-refractivity contribution is 0.411. The molecule has 0 bridgehead atoms. The minimum absolute atomic E-state index is 0.0385. The molecular formula is C25H21ClF4N4O2. The second-order valence-electron chi connectivity index (χ2n) is 7.96. The minimum Gasteiger partial charge on any atom is -0.495 e. The fourth-order valence-electron chi connectivity index (χ4n) is 3.71. The molecule has 2 heterocycles. The normalized spacial score (nSPS) is 12.4. The molecular weight excluding hydrogens is 500 g/mol. The predicted molar refractivity (Wildman–Crippen MR) is 126 cm³/mol. The Labute approximate surface area is 209 Å². The SMILES string of the molecule is COc1cc(C=Cc2nnc(C(CCCCl)c3cc(F)c(F)c(F)c3)o2)c(F)cc1-n1cnc(C)c1. The molecule has 1 unspecified atom stereocenters. The van der Waals surface area contributed by atoms with Gasteiger partial charge in [0, 0.05) is 29.8 Å². The van der Waals surface area contributed by atoms with Gasteiger partial charge in [-0.05, 0) is 49.6 Å². The summed E-state index contributed by atoms with van der Waals surface area (Å²) in [7, 11) is 1.47. The zero-order valence-electron chi connectivity index (χ0n) is 19.3. The molecule has 0 spiro atoms. The summed E-state index contributed by atoms with van der Waals surface area (Å²) in [4.78, 5) is 4.14. The molecule has 0 saturated carbocycles. The lowest BCUT2D eigenvalue weighted by Gasteiger charge is -2.13. The first kappa shape index (κ1) is 25.4. The van der Waals surface area contributed by atoms with Gasteiger partial charge in [-0.1, -0.05) is 0 Å². The lowest BCUT2D eigenvalue weighted by Crippen LogP contribution is -2.05. The van der Waals surface area contributed by atoms with Gasteiger partial charge in [0.05, 0.1) is 30.7 Å². The van der Waals surface area contributed by atoms with Crippen LogP contribution in [0.1, 0.15) is 47.4 Å². The molecule has 4 rings (SSSR count). The van der Waals surface area contributed by atoms with Crippen molar-refractivity contribution in [1.82, 2.24) is 19.7 Å². The van der Waals surface area contributed by atoms with Crippen molar-refractivity contribution in [2.24, 2.45) is 0 Å². The first-order chi connectivity index (χ1) is 17.3. The van der Waals surface area contributed by atoms with Crippen LogP contribution in [0.3, 0.4) is 0 Å². The second-order valence-corrected chi connectivity index (χ2v) is 8.34. The number of hydrogen-bond acceptors (Lipinski definition) is 5. The fourth-order valence-corrected chi connectivity index (χ4v) is 3.86. The molecule has 0 aliphatic heterocycles.